The average Bonchev–Trinajstić information content (AvgIpc) is 2.94. The lowest BCUT2D eigenvalue weighted by Crippen LogP contribution is -2.49. The van der Waals surface area contributed by atoms with E-state index in [1.165, 1.54) is 6.07 Å². The zero-order chi connectivity index (χ0) is 17.1. The van der Waals surface area contributed by atoms with Crippen molar-refractivity contribution in [2.45, 2.75) is 51.0 Å². The molecule has 0 spiro atoms. The highest BCUT2D eigenvalue weighted by molar-refractivity contribution is 5.21. The maximum absolute atomic E-state index is 13.5. The maximum Gasteiger partial charge on any atom is 0.123 e. The van der Waals surface area contributed by atoms with Gasteiger partial charge in [0.05, 0.1) is 18.3 Å². The van der Waals surface area contributed by atoms with E-state index in [1.54, 1.807) is 12.1 Å². The van der Waals surface area contributed by atoms with Crippen molar-refractivity contribution in [2.75, 3.05) is 32.7 Å². The Hall–Kier alpha value is -1.01. The number of hydrogen-bond acceptors (Lipinski definition) is 4. The van der Waals surface area contributed by atoms with Crippen molar-refractivity contribution < 1.29 is 14.2 Å². The smallest absolute Gasteiger partial charge is 0.123 e. The van der Waals surface area contributed by atoms with Gasteiger partial charge in [0.25, 0.3) is 0 Å². The molecule has 4 atom stereocenters. The summed E-state index contributed by atoms with van der Waals surface area (Å²) < 4.78 is 19.3. The molecule has 3 rings (SSSR count). The third-order valence-electron chi connectivity index (χ3n) is 5.01. The second-order valence-corrected chi connectivity index (χ2v) is 7.34. The zero-order valence-corrected chi connectivity index (χ0v) is 14.7. The van der Waals surface area contributed by atoms with Crippen LogP contribution in [-0.4, -0.2) is 65.9 Å². The third-order valence-corrected chi connectivity index (χ3v) is 5.01. The van der Waals surface area contributed by atoms with Gasteiger partial charge in [-0.25, -0.2) is 4.39 Å². The minimum atomic E-state index is -0.392. The highest BCUT2D eigenvalue weighted by Gasteiger charge is 2.29. The van der Waals surface area contributed by atoms with E-state index in [0.717, 1.165) is 38.0 Å². The van der Waals surface area contributed by atoms with Crippen molar-refractivity contribution in [2.24, 2.45) is 0 Å². The summed E-state index contributed by atoms with van der Waals surface area (Å²) in [6.07, 6.45) is 2.17. The second-order valence-electron chi connectivity index (χ2n) is 7.34. The Morgan fingerprint density at radius 3 is 2.71 bits per heavy atom. The quantitative estimate of drug-likeness (QED) is 0.896. The van der Waals surface area contributed by atoms with Crippen molar-refractivity contribution in [1.29, 1.82) is 0 Å². The maximum atomic E-state index is 13.5. The summed E-state index contributed by atoms with van der Waals surface area (Å²) in [6, 6.07) is 7.09. The van der Waals surface area contributed by atoms with Gasteiger partial charge in [0.1, 0.15) is 5.82 Å². The van der Waals surface area contributed by atoms with Crippen LogP contribution < -0.4 is 0 Å². The first-order chi connectivity index (χ1) is 11.5. The van der Waals surface area contributed by atoms with Gasteiger partial charge in [-0.3, -0.25) is 9.80 Å². The minimum absolute atomic E-state index is 0.184. The van der Waals surface area contributed by atoms with Crippen molar-refractivity contribution >= 4 is 0 Å². The number of aliphatic hydroxyl groups excluding tert-OH is 1. The zero-order valence-electron chi connectivity index (χ0n) is 14.7. The lowest BCUT2D eigenvalue weighted by molar-refractivity contribution is -0.0782. The number of β-amino-alcohol motifs (C(OH)–C–C–N with tert-alkyl or cyclic N) is 1. The van der Waals surface area contributed by atoms with Gasteiger partial charge >= 0.3 is 0 Å². The normalized spacial score (nSPS) is 30.6. The monoisotopic (exact) mass is 336 g/mol. The molecule has 0 aliphatic carbocycles. The van der Waals surface area contributed by atoms with E-state index in [2.05, 4.69) is 23.6 Å². The number of aliphatic hydroxyl groups is 1. The van der Waals surface area contributed by atoms with Crippen LogP contribution in [0.3, 0.4) is 0 Å². The average molecular weight is 336 g/mol. The summed E-state index contributed by atoms with van der Waals surface area (Å²) in [5.41, 5.74) is 1.02. The van der Waals surface area contributed by atoms with Crippen LogP contribution in [0.15, 0.2) is 24.3 Å². The van der Waals surface area contributed by atoms with E-state index < -0.39 is 6.10 Å². The Morgan fingerprint density at radius 1 is 1.25 bits per heavy atom. The number of likely N-dealkylation sites (tertiary alicyclic amines) is 1. The molecule has 2 aliphatic rings. The van der Waals surface area contributed by atoms with E-state index in [9.17, 15) is 9.50 Å². The molecule has 2 saturated heterocycles. The number of nitrogens with zero attached hydrogens (tertiary/aromatic N) is 2. The van der Waals surface area contributed by atoms with Crippen LogP contribution in [0.4, 0.5) is 4.39 Å². The van der Waals surface area contributed by atoms with Crippen molar-refractivity contribution in [3.63, 3.8) is 0 Å². The van der Waals surface area contributed by atoms with E-state index in [0.29, 0.717) is 13.1 Å². The van der Waals surface area contributed by atoms with Crippen LogP contribution >= 0.6 is 0 Å². The fourth-order valence-electron chi connectivity index (χ4n) is 4.20. The molecule has 0 aromatic heterocycles. The minimum Gasteiger partial charge on any atom is -0.390 e. The molecule has 0 bridgehead atoms. The lowest BCUT2D eigenvalue weighted by Gasteiger charge is -2.37. The number of benzene rings is 1. The molecule has 134 valence electrons. The highest BCUT2D eigenvalue weighted by Crippen LogP contribution is 2.32. The molecular formula is C19H29FN2O2. The predicted octanol–water partition coefficient (Wildman–Crippen LogP) is 2.43. The molecule has 0 radical (unpaired) electrons. The molecule has 2 fully saturated rings. The number of morpholine rings is 1. The molecule has 2 heterocycles. The van der Waals surface area contributed by atoms with Crippen molar-refractivity contribution in [3.05, 3.63) is 35.6 Å². The number of hydrogen-bond donors (Lipinski definition) is 1. The summed E-state index contributed by atoms with van der Waals surface area (Å²) in [7, 11) is 0. The molecule has 1 aromatic carbocycles. The third kappa shape index (κ3) is 4.54. The first kappa shape index (κ1) is 17.8. The molecule has 0 saturated carbocycles. The van der Waals surface area contributed by atoms with Gasteiger partial charge in [0, 0.05) is 32.2 Å². The first-order valence-electron chi connectivity index (χ1n) is 9.06. The van der Waals surface area contributed by atoms with Crippen LogP contribution in [0.5, 0.6) is 0 Å². The molecule has 24 heavy (non-hydrogen) atoms. The molecule has 1 aromatic rings. The number of rotatable bonds is 5. The second kappa shape index (κ2) is 7.91. The Kier molecular flexibility index (Phi) is 5.87. The standard InChI is InChI=1S/C19H29FN2O2/c1-14-10-21(11-15(2)24-14)12-18(23)13-22-8-4-7-19(22)16-5-3-6-17(20)9-16/h3,5-6,9,14-15,18-19,23H,4,7-8,10-13H2,1-2H3. The van der Waals surface area contributed by atoms with Gasteiger partial charge in [0.15, 0.2) is 0 Å². The van der Waals surface area contributed by atoms with E-state index in [4.69, 9.17) is 4.74 Å². The number of halogens is 1. The van der Waals surface area contributed by atoms with E-state index >= 15 is 0 Å². The van der Waals surface area contributed by atoms with Crippen LogP contribution in [0.25, 0.3) is 0 Å². The molecule has 4 unspecified atom stereocenters. The fourth-order valence-corrected chi connectivity index (χ4v) is 4.20. The largest absolute Gasteiger partial charge is 0.390 e. The Labute approximate surface area is 144 Å². The summed E-state index contributed by atoms with van der Waals surface area (Å²) in [5, 5.41) is 10.6. The molecule has 0 amide bonds. The Bertz CT molecular complexity index is 532. The Balaban J connectivity index is 1.56. The molecule has 4 nitrogen and oxygen atoms in total. The summed E-state index contributed by atoms with van der Waals surface area (Å²) >= 11 is 0. The van der Waals surface area contributed by atoms with Crippen LogP contribution in [0.2, 0.25) is 0 Å². The van der Waals surface area contributed by atoms with E-state index in [1.807, 2.05) is 6.07 Å². The fraction of sp³-hybridized carbons (Fsp3) is 0.684. The predicted molar refractivity (Wildman–Crippen MR) is 92.4 cm³/mol. The van der Waals surface area contributed by atoms with Crippen LogP contribution in [-0.2, 0) is 4.74 Å². The van der Waals surface area contributed by atoms with Gasteiger partial charge in [-0.05, 0) is 50.9 Å². The lowest BCUT2D eigenvalue weighted by atomic mass is 10.0. The summed E-state index contributed by atoms with van der Waals surface area (Å²) in [5.74, 6) is -0.184. The molecule has 2 aliphatic heterocycles. The highest BCUT2D eigenvalue weighted by atomic mass is 19.1. The Morgan fingerprint density at radius 2 is 2.00 bits per heavy atom. The van der Waals surface area contributed by atoms with Crippen LogP contribution in [0.1, 0.15) is 38.3 Å². The van der Waals surface area contributed by atoms with Gasteiger partial charge in [-0.1, -0.05) is 12.1 Å². The molecular weight excluding hydrogens is 307 g/mol. The molecule has 5 heteroatoms. The topological polar surface area (TPSA) is 35.9 Å². The van der Waals surface area contributed by atoms with E-state index in [-0.39, 0.29) is 24.1 Å². The molecule has 1 N–H and O–H groups in total. The first-order valence-corrected chi connectivity index (χ1v) is 9.06. The summed E-state index contributed by atoms with van der Waals surface area (Å²) in [6.45, 7) is 8.17. The van der Waals surface area contributed by atoms with Gasteiger partial charge in [-0.15, -0.1) is 0 Å². The van der Waals surface area contributed by atoms with Gasteiger partial charge in [-0.2, -0.15) is 0 Å². The SMILES string of the molecule is CC1CN(CC(O)CN2CCCC2c2cccc(F)c2)CC(C)O1. The van der Waals surface area contributed by atoms with Crippen molar-refractivity contribution in [3.8, 4) is 0 Å². The van der Waals surface area contributed by atoms with Gasteiger partial charge in [0.2, 0.25) is 0 Å². The van der Waals surface area contributed by atoms with Crippen molar-refractivity contribution in [1.82, 2.24) is 9.80 Å². The number of ether oxygens (including phenoxy) is 1. The van der Waals surface area contributed by atoms with Gasteiger partial charge < -0.3 is 9.84 Å². The van der Waals surface area contributed by atoms with Crippen LogP contribution in [0, 0.1) is 5.82 Å². The summed E-state index contributed by atoms with van der Waals surface area (Å²) in [4.78, 5) is 4.59.